The molecule has 0 spiro atoms. The van der Waals surface area contributed by atoms with E-state index in [1.807, 2.05) is 18.2 Å². The minimum atomic E-state index is 0. The smallest absolute Gasteiger partial charge is 0.255 e. The third-order valence-corrected chi connectivity index (χ3v) is 5.55. The molecule has 1 aromatic rings. The molecule has 2 heterocycles. The fourth-order valence-corrected chi connectivity index (χ4v) is 4.35. The largest absolute Gasteiger partial charge is 0.331 e. The topological polar surface area (TPSA) is 32.3 Å². The second-order valence-electron chi connectivity index (χ2n) is 5.66. The molecular weight excluding hydrogens is 339 g/mol. The van der Waals surface area contributed by atoms with Crippen LogP contribution in [0.2, 0.25) is 5.02 Å². The molecule has 2 aliphatic rings. The number of carbonyl (C=O) groups is 1. The fraction of sp³-hybridized carbons (Fsp3) is 0.562. The van der Waals surface area contributed by atoms with Crippen LogP contribution in [0.5, 0.6) is 0 Å². The van der Waals surface area contributed by atoms with Gasteiger partial charge in [0.25, 0.3) is 5.91 Å². The van der Waals surface area contributed by atoms with Crippen LogP contribution in [0.25, 0.3) is 0 Å². The summed E-state index contributed by atoms with van der Waals surface area (Å²) in [6, 6.07) is 6.40. The van der Waals surface area contributed by atoms with Crippen LogP contribution in [0.15, 0.2) is 23.1 Å². The summed E-state index contributed by atoms with van der Waals surface area (Å²) in [7, 11) is 0. The summed E-state index contributed by atoms with van der Waals surface area (Å²) >= 11 is 7.84. The lowest BCUT2D eigenvalue weighted by molar-refractivity contribution is 0.0676. The first-order valence-corrected chi connectivity index (χ1v) is 9.02. The first-order valence-electron chi connectivity index (χ1n) is 7.66. The van der Waals surface area contributed by atoms with Gasteiger partial charge in [0, 0.05) is 28.5 Å². The minimum absolute atomic E-state index is 0. The van der Waals surface area contributed by atoms with E-state index >= 15 is 0 Å². The van der Waals surface area contributed by atoms with Crippen molar-refractivity contribution in [3.8, 4) is 0 Å². The Morgan fingerprint density at radius 3 is 2.91 bits per heavy atom. The molecule has 2 aliphatic heterocycles. The molecule has 2 fully saturated rings. The molecule has 2 bridgehead atoms. The van der Waals surface area contributed by atoms with Gasteiger partial charge in [-0.3, -0.25) is 4.79 Å². The third kappa shape index (κ3) is 3.56. The maximum absolute atomic E-state index is 13.1. The number of nitrogens with zero attached hydrogens (tertiary/aromatic N) is 1. The van der Waals surface area contributed by atoms with E-state index in [1.165, 1.54) is 0 Å². The molecule has 6 heteroatoms. The number of hydrogen-bond donors (Lipinski definition) is 1. The van der Waals surface area contributed by atoms with E-state index in [-0.39, 0.29) is 18.3 Å². The summed E-state index contributed by atoms with van der Waals surface area (Å²) in [5.74, 6) is 1.11. The van der Waals surface area contributed by atoms with Crippen LogP contribution in [-0.4, -0.2) is 41.7 Å². The van der Waals surface area contributed by atoms with Crippen molar-refractivity contribution in [1.29, 1.82) is 0 Å². The van der Waals surface area contributed by atoms with Crippen molar-refractivity contribution in [3.63, 3.8) is 0 Å². The molecule has 3 rings (SSSR count). The normalized spacial score (nSPS) is 23.8. The molecule has 122 valence electrons. The standard InChI is InChI=1S/C16H21ClN2OS.ClH/c1-2-21-15-6-3-11(17)9-14(15)16(20)19-12-4-5-13(19)10-18-8-7-12;/h3,6,9,12-13,18H,2,4-5,7-8,10H2,1H3;1H. The molecule has 0 radical (unpaired) electrons. The number of thioether (sulfide) groups is 1. The van der Waals surface area contributed by atoms with Crippen molar-refractivity contribution in [2.24, 2.45) is 0 Å². The van der Waals surface area contributed by atoms with Crippen molar-refractivity contribution >= 4 is 41.7 Å². The van der Waals surface area contributed by atoms with Gasteiger partial charge in [0.2, 0.25) is 0 Å². The molecule has 0 saturated carbocycles. The summed E-state index contributed by atoms with van der Waals surface area (Å²) in [6.45, 7) is 4.03. The Bertz CT molecular complexity index is 527. The van der Waals surface area contributed by atoms with Gasteiger partial charge in [0.15, 0.2) is 0 Å². The quantitative estimate of drug-likeness (QED) is 0.831. The van der Waals surface area contributed by atoms with Gasteiger partial charge in [0.05, 0.1) is 5.56 Å². The van der Waals surface area contributed by atoms with Gasteiger partial charge in [-0.2, -0.15) is 0 Å². The molecule has 0 aliphatic carbocycles. The van der Waals surface area contributed by atoms with Gasteiger partial charge in [-0.25, -0.2) is 0 Å². The van der Waals surface area contributed by atoms with E-state index in [2.05, 4.69) is 17.1 Å². The fourth-order valence-electron chi connectivity index (χ4n) is 3.40. The molecule has 1 N–H and O–H groups in total. The summed E-state index contributed by atoms with van der Waals surface area (Å²) in [5.41, 5.74) is 0.771. The Morgan fingerprint density at radius 1 is 1.36 bits per heavy atom. The summed E-state index contributed by atoms with van der Waals surface area (Å²) in [4.78, 5) is 16.2. The zero-order chi connectivity index (χ0) is 14.8. The highest BCUT2D eigenvalue weighted by molar-refractivity contribution is 7.99. The van der Waals surface area contributed by atoms with Gasteiger partial charge in [-0.15, -0.1) is 24.2 Å². The molecular formula is C16H22Cl2N2OS. The van der Waals surface area contributed by atoms with Crippen molar-refractivity contribution in [2.45, 2.75) is 43.2 Å². The Balaban J connectivity index is 0.00000176. The predicted octanol–water partition coefficient (Wildman–Crippen LogP) is 3.84. The number of amides is 1. The molecule has 2 atom stereocenters. The molecule has 0 aromatic heterocycles. The number of hydrogen-bond acceptors (Lipinski definition) is 3. The zero-order valence-corrected chi connectivity index (χ0v) is 15.1. The van der Waals surface area contributed by atoms with Crippen molar-refractivity contribution in [1.82, 2.24) is 10.2 Å². The van der Waals surface area contributed by atoms with Crippen LogP contribution in [0.1, 0.15) is 36.5 Å². The van der Waals surface area contributed by atoms with E-state index in [1.54, 1.807) is 11.8 Å². The SMILES string of the molecule is CCSc1ccc(Cl)cc1C(=O)N1C2CCNCC1CC2.Cl. The van der Waals surface area contributed by atoms with Gasteiger partial charge in [-0.1, -0.05) is 18.5 Å². The lowest BCUT2D eigenvalue weighted by Crippen LogP contribution is -2.42. The first kappa shape index (κ1) is 17.9. The van der Waals surface area contributed by atoms with Gasteiger partial charge in [-0.05, 0) is 49.8 Å². The number of fused-ring (bicyclic) bond motifs is 2. The maximum atomic E-state index is 13.1. The Hall–Kier alpha value is -0.420. The summed E-state index contributed by atoms with van der Waals surface area (Å²) in [5, 5.41) is 4.08. The molecule has 2 unspecified atom stereocenters. The van der Waals surface area contributed by atoms with E-state index in [0.717, 1.165) is 48.6 Å². The van der Waals surface area contributed by atoms with E-state index in [0.29, 0.717) is 17.1 Å². The summed E-state index contributed by atoms with van der Waals surface area (Å²) < 4.78 is 0. The zero-order valence-electron chi connectivity index (χ0n) is 12.7. The van der Waals surface area contributed by atoms with Crippen molar-refractivity contribution in [2.75, 3.05) is 18.8 Å². The van der Waals surface area contributed by atoms with Crippen LogP contribution in [0.4, 0.5) is 0 Å². The molecule has 2 saturated heterocycles. The van der Waals surface area contributed by atoms with Crippen molar-refractivity contribution in [3.05, 3.63) is 28.8 Å². The average Bonchev–Trinajstić information content (AvgIpc) is 2.73. The van der Waals surface area contributed by atoms with Crippen LogP contribution < -0.4 is 5.32 Å². The van der Waals surface area contributed by atoms with Crippen molar-refractivity contribution < 1.29 is 4.79 Å². The van der Waals surface area contributed by atoms with Crippen LogP contribution >= 0.6 is 35.8 Å². The number of rotatable bonds is 3. The Morgan fingerprint density at radius 2 is 2.14 bits per heavy atom. The monoisotopic (exact) mass is 360 g/mol. The molecule has 3 nitrogen and oxygen atoms in total. The number of nitrogens with one attached hydrogen (secondary N) is 1. The highest BCUT2D eigenvalue weighted by atomic mass is 35.5. The van der Waals surface area contributed by atoms with E-state index in [9.17, 15) is 4.79 Å². The maximum Gasteiger partial charge on any atom is 0.255 e. The Kier molecular flexibility index (Phi) is 6.45. The number of carbonyl (C=O) groups excluding carboxylic acids is 1. The Labute approximate surface area is 147 Å². The van der Waals surface area contributed by atoms with Crippen LogP contribution in [0, 0.1) is 0 Å². The number of benzene rings is 1. The minimum Gasteiger partial charge on any atom is -0.331 e. The highest BCUT2D eigenvalue weighted by Gasteiger charge is 2.38. The van der Waals surface area contributed by atoms with Gasteiger partial charge >= 0.3 is 0 Å². The average molecular weight is 361 g/mol. The second kappa shape index (κ2) is 7.91. The predicted molar refractivity (Wildman–Crippen MR) is 95.6 cm³/mol. The second-order valence-corrected chi connectivity index (χ2v) is 7.41. The molecule has 22 heavy (non-hydrogen) atoms. The molecule has 1 amide bonds. The highest BCUT2D eigenvalue weighted by Crippen LogP contribution is 2.33. The van der Waals surface area contributed by atoms with Crippen LogP contribution in [0.3, 0.4) is 0 Å². The number of halogens is 2. The third-order valence-electron chi connectivity index (χ3n) is 4.36. The lowest BCUT2D eigenvalue weighted by Gasteiger charge is -2.28. The van der Waals surface area contributed by atoms with E-state index < -0.39 is 0 Å². The van der Waals surface area contributed by atoms with E-state index in [4.69, 9.17) is 11.6 Å². The van der Waals surface area contributed by atoms with Gasteiger partial charge in [0.1, 0.15) is 0 Å². The lowest BCUT2D eigenvalue weighted by atomic mass is 10.1. The van der Waals surface area contributed by atoms with Gasteiger partial charge < -0.3 is 10.2 Å². The first-order chi connectivity index (χ1) is 10.2. The van der Waals surface area contributed by atoms with Crippen LogP contribution in [-0.2, 0) is 0 Å². The molecule has 1 aromatic carbocycles. The summed E-state index contributed by atoms with van der Waals surface area (Å²) in [6.07, 6.45) is 3.30.